The summed E-state index contributed by atoms with van der Waals surface area (Å²) in [5.74, 6) is 1.37. The van der Waals surface area contributed by atoms with E-state index >= 15 is 0 Å². The molecule has 0 aliphatic heterocycles. The molecule has 0 heterocycles. The average molecular weight is 247 g/mol. The summed E-state index contributed by atoms with van der Waals surface area (Å²) in [6.45, 7) is 13.5. The van der Waals surface area contributed by atoms with Crippen LogP contribution >= 0.6 is 0 Å². The third-order valence-corrected chi connectivity index (χ3v) is 3.79. The summed E-state index contributed by atoms with van der Waals surface area (Å²) in [4.78, 5) is 0. The van der Waals surface area contributed by atoms with Crippen molar-refractivity contribution < 1.29 is 0 Å². The van der Waals surface area contributed by atoms with Crippen LogP contribution < -0.4 is 5.32 Å². The summed E-state index contributed by atoms with van der Waals surface area (Å²) in [6, 6.07) is 6.98. The molecule has 0 bridgehead atoms. The zero-order valence-corrected chi connectivity index (χ0v) is 12.7. The summed E-state index contributed by atoms with van der Waals surface area (Å²) < 4.78 is 0. The van der Waals surface area contributed by atoms with E-state index in [1.807, 2.05) is 0 Å². The molecule has 0 aliphatic rings. The summed E-state index contributed by atoms with van der Waals surface area (Å²) >= 11 is 0. The lowest BCUT2D eigenvalue weighted by Gasteiger charge is -2.25. The van der Waals surface area contributed by atoms with Gasteiger partial charge >= 0.3 is 0 Å². The zero-order chi connectivity index (χ0) is 13.5. The second kappa shape index (κ2) is 7.58. The quantitative estimate of drug-likeness (QED) is 0.703. The topological polar surface area (TPSA) is 12.0 Å². The first-order chi connectivity index (χ1) is 8.58. The molecule has 0 radical (unpaired) electrons. The molecule has 0 aromatic heterocycles. The smallest absolute Gasteiger partial charge is 0.00227 e. The standard InChI is InChI=1S/C17H29N/c1-6-8-18-12-17(15(5)7-2)16-10-13(3)9-14(4)11-16/h9-11,15,17-18H,6-8,12H2,1-5H3. The van der Waals surface area contributed by atoms with Gasteiger partial charge in [0, 0.05) is 6.54 Å². The third kappa shape index (κ3) is 4.45. The van der Waals surface area contributed by atoms with E-state index in [0.29, 0.717) is 5.92 Å². The Hall–Kier alpha value is -0.820. The van der Waals surface area contributed by atoms with Crippen molar-refractivity contribution in [3.8, 4) is 0 Å². The molecule has 0 aliphatic carbocycles. The minimum absolute atomic E-state index is 0.639. The molecule has 102 valence electrons. The van der Waals surface area contributed by atoms with Crippen molar-refractivity contribution in [3.63, 3.8) is 0 Å². The maximum absolute atomic E-state index is 3.59. The van der Waals surface area contributed by atoms with Crippen LogP contribution in [-0.4, -0.2) is 13.1 Å². The highest BCUT2D eigenvalue weighted by molar-refractivity contribution is 5.31. The van der Waals surface area contributed by atoms with Crippen molar-refractivity contribution in [2.45, 2.75) is 53.4 Å². The molecule has 1 aromatic rings. The number of benzene rings is 1. The molecule has 18 heavy (non-hydrogen) atoms. The van der Waals surface area contributed by atoms with Gasteiger partial charge in [0.2, 0.25) is 0 Å². The molecular formula is C17H29N. The molecular weight excluding hydrogens is 218 g/mol. The molecule has 1 N–H and O–H groups in total. The van der Waals surface area contributed by atoms with E-state index in [0.717, 1.165) is 19.0 Å². The van der Waals surface area contributed by atoms with Crippen molar-refractivity contribution in [2.75, 3.05) is 13.1 Å². The molecule has 1 nitrogen and oxygen atoms in total. The minimum atomic E-state index is 0.639. The van der Waals surface area contributed by atoms with Crippen molar-refractivity contribution in [1.82, 2.24) is 5.32 Å². The van der Waals surface area contributed by atoms with Crippen LogP contribution in [-0.2, 0) is 0 Å². The summed E-state index contributed by atoms with van der Waals surface area (Å²) in [6.07, 6.45) is 2.45. The van der Waals surface area contributed by atoms with Crippen molar-refractivity contribution in [2.24, 2.45) is 5.92 Å². The zero-order valence-electron chi connectivity index (χ0n) is 12.7. The highest BCUT2D eigenvalue weighted by Gasteiger charge is 2.18. The second-order valence-corrected chi connectivity index (χ2v) is 5.62. The molecule has 2 atom stereocenters. The van der Waals surface area contributed by atoms with Gasteiger partial charge in [0.15, 0.2) is 0 Å². The molecule has 0 spiro atoms. The number of nitrogens with one attached hydrogen (secondary N) is 1. The first-order valence-electron chi connectivity index (χ1n) is 7.37. The van der Waals surface area contributed by atoms with Gasteiger partial charge in [-0.15, -0.1) is 0 Å². The van der Waals surface area contributed by atoms with Gasteiger partial charge in [-0.25, -0.2) is 0 Å². The predicted molar refractivity (Wildman–Crippen MR) is 81.3 cm³/mol. The van der Waals surface area contributed by atoms with Gasteiger partial charge in [-0.3, -0.25) is 0 Å². The van der Waals surface area contributed by atoms with E-state index in [4.69, 9.17) is 0 Å². The Kier molecular flexibility index (Phi) is 6.42. The second-order valence-electron chi connectivity index (χ2n) is 5.62. The first kappa shape index (κ1) is 15.2. The van der Waals surface area contributed by atoms with E-state index in [9.17, 15) is 0 Å². The van der Waals surface area contributed by atoms with Gasteiger partial charge < -0.3 is 5.32 Å². The molecule has 1 heteroatoms. The Morgan fingerprint density at radius 2 is 1.67 bits per heavy atom. The van der Waals surface area contributed by atoms with Gasteiger partial charge in [0.05, 0.1) is 0 Å². The van der Waals surface area contributed by atoms with Crippen molar-refractivity contribution in [1.29, 1.82) is 0 Å². The monoisotopic (exact) mass is 247 g/mol. The van der Waals surface area contributed by atoms with E-state index in [1.54, 1.807) is 0 Å². The van der Waals surface area contributed by atoms with Crippen LogP contribution in [0.4, 0.5) is 0 Å². The van der Waals surface area contributed by atoms with Crippen LogP contribution in [0.15, 0.2) is 18.2 Å². The fraction of sp³-hybridized carbons (Fsp3) is 0.647. The van der Waals surface area contributed by atoms with Crippen LogP contribution in [0.3, 0.4) is 0 Å². The van der Waals surface area contributed by atoms with E-state index < -0.39 is 0 Å². The van der Waals surface area contributed by atoms with E-state index in [2.05, 4.69) is 58.1 Å². The van der Waals surface area contributed by atoms with Crippen LogP contribution in [0, 0.1) is 19.8 Å². The predicted octanol–water partition coefficient (Wildman–Crippen LogP) is 4.43. The SMILES string of the molecule is CCCNCC(c1cc(C)cc(C)c1)C(C)CC. The summed E-state index contributed by atoms with van der Waals surface area (Å²) in [5.41, 5.74) is 4.27. The fourth-order valence-electron chi connectivity index (χ4n) is 2.59. The highest BCUT2D eigenvalue weighted by atomic mass is 14.9. The van der Waals surface area contributed by atoms with Gasteiger partial charge in [-0.05, 0) is 44.2 Å². The summed E-state index contributed by atoms with van der Waals surface area (Å²) in [7, 11) is 0. The molecule has 0 saturated carbocycles. The van der Waals surface area contributed by atoms with Crippen LogP contribution in [0.2, 0.25) is 0 Å². The van der Waals surface area contributed by atoms with Crippen LogP contribution in [0.5, 0.6) is 0 Å². The number of hydrogen-bond donors (Lipinski definition) is 1. The van der Waals surface area contributed by atoms with Gasteiger partial charge in [-0.1, -0.05) is 56.5 Å². The van der Waals surface area contributed by atoms with Crippen molar-refractivity contribution in [3.05, 3.63) is 34.9 Å². The normalized spacial score (nSPS) is 14.5. The van der Waals surface area contributed by atoms with Crippen molar-refractivity contribution >= 4 is 0 Å². The van der Waals surface area contributed by atoms with E-state index in [-0.39, 0.29) is 0 Å². The lowest BCUT2D eigenvalue weighted by molar-refractivity contribution is 0.420. The average Bonchev–Trinajstić information content (AvgIpc) is 2.32. The Labute approximate surface area is 113 Å². The summed E-state index contributed by atoms with van der Waals surface area (Å²) in [5, 5.41) is 3.59. The van der Waals surface area contributed by atoms with Gasteiger partial charge in [0.25, 0.3) is 0 Å². The van der Waals surface area contributed by atoms with Crippen LogP contribution in [0.25, 0.3) is 0 Å². The van der Waals surface area contributed by atoms with Gasteiger partial charge in [-0.2, -0.15) is 0 Å². The minimum Gasteiger partial charge on any atom is -0.316 e. The molecule has 0 amide bonds. The third-order valence-electron chi connectivity index (χ3n) is 3.79. The van der Waals surface area contributed by atoms with Gasteiger partial charge in [0.1, 0.15) is 0 Å². The molecule has 0 fully saturated rings. The van der Waals surface area contributed by atoms with E-state index in [1.165, 1.54) is 29.5 Å². The Balaban J connectivity index is 2.86. The maximum Gasteiger partial charge on any atom is 0.00227 e. The highest BCUT2D eigenvalue weighted by Crippen LogP contribution is 2.27. The van der Waals surface area contributed by atoms with Crippen LogP contribution in [0.1, 0.15) is 56.2 Å². The first-order valence-corrected chi connectivity index (χ1v) is 7.37. The largest absolute Gasteiger partial charge is 0.316 e. The molecule has 2 unspecified atom stereocenters. The Morgan fingerprint density at radius 1 is 1.06 bits per heavy atom. The molecule has 1 rings (SSSR count). The fourth-order valence-corrected chi connectivity index (χ4v) is 2.59. The lowest BCUT2D eigenvalue weighted by Crippen LogP contribution is -2.26. The number of aryl methyl sites for hydroxylation is 2. The Bertz CT molecular complexity index is 336. The maximum atomic E-state index is 3.59. The molecule has 1 aromatic carbocycles. The lowest BCUT2D eigenvalue weighted by atomic mass is 9.84. The number of hydrogen-bond acceptors (Lipinski definition) is 1. The molecule has 0 saturated heterocycles. The number of rotatable bonds is 7. The Morgan fingerprint density at radius 3 is 2.17 bits per heavy atom.